The number of likely N-dealkylation sites (tertiary alicyclic amines) is 1. The smallest absolute Gasteiger partial charge is 0.253 e. The van der Waals surface area contributed by atoms with Crippen molar-refractivity contribution in [2.45, 2.75) is 25.8 Å². The standard InChI is InChI=1S/C21H24N4O/c1-15(22)17-5-4-12-24(13-17)21(26)16-8-10-18(11-9-16)25-14-23-19-6-2-3-7-20(19)25/h2-3,6-11,14-15,17H,4-5,12-13,22H2,1H3. The largest absolute Gasteiger partial charge is 0.338 e. The second kappa shape index (κ2) is 6.92. The first-order chi connectivity index (χ1) is 12.6. The monoisotopic (exact) mass is 348 g/mol. The number of hydrogen-bond acceptors (Lipinski definition) is 3. The van der Waals surface area contributed by atoms with Gasteiger partial charge in [0.1, 0.15) is 6.33 Å². The van der Waals surface area contributed by atoms with Gasteiger partial charge in [-0.3, -0.25) is 9.36 Å². The molecule has 3 aromatic rings. The molecular formula is C21H24N4O. The third-order valence-corrected chi connectivity index (χ3v) is 5.33. The molecule has 0 bridgehead atoms. The third kappa shape index (κ3) is 3.10. The number of fused-ring (bicyclic) bond motifs is 1. The minimum Gasteiger partial charge on any atom is -0.338 e. The van der Waals surface area contributed by atoms with Crippen LogP contribution in [0.1, 0.15) is 30.1 Å². The molecule has 0 spiro atoms. The maximum atomic E-state index is 12.8. The molecule has 26 heavy (non-hydrogen) atoms. The predicted octanol–water partition coefficient (Wildman–Crippen LogP) is 3.22. The second-order valence-electron chi connectivity index (χ2n) is 7.16. The molecule has 2 unspecified atom stereocenters. The number of aromatic nitrogens is 2. The van der Waals surface area contributed by atoms with Gasteiger partial charge in [0, 0.05) is 30.4 Å². The number of para-hydroxylation sites is 2. The number of carbonyl (C=O) groups is 1. The zero-order valence-electron chi connectivity index (χ0n) is 15.0. The molecule has 1 aromatic heterocycles. The minimum absolute atomic E-state index is 0.0948. The van der Waals surface area contributed by atoms with Gasteiger partial charge in [-0.25, -0.2) is 4.98 Å². The van der Waals surface area contributed by atoms with E-state index in [1.165, 1.54) is 0 Å². The van der Waals surface area contributed by atoms with Crippen LogP contribution in [-0.2, 0) is 0 Å². The molecule has 2 atom stereocenters. The fourth-order valence-corrected chi connectivity index (χ4v) is 3.74. The van der Waals surface area contributed by atoms with E-state index in [4.69, 9.17) is 5.73 Å². The summed E-state index contributed by atoms with van der Waals surface area (Å²) in [6.07, 6.45) is 3.95. The first-order valence-electron chi connectivity index (χ1n) is 9.21. The Morgan fingerprint density at radius 3 is 2.73 bits per heavy atom. The summed E-state index contributed by atoms with van der Waals surface area (Å²) < 4.78 is 2.04. The van der Waals surface area contributed by atoms with Crippen molar-refractivity contribution in [3.05, 3.63) is 60.4 Å². The van der Waals surface area contributed by atoms with Gasteiger partial charge in [-0.1, -0.05) is 12.1 Å². The van der Waals surface area contributed by atoms with Crippen molar-refractivity contribution in [2.75, 3.05) is 13.1 Å². The molecule has 2 heterocycles. The van der Waals surface area contributed by atoms with Gasteiger partial charge in [-0.15, -0.1) is 0 Å². The van der Waals surface area contributed by atoms with E-state index in [-0.39, 0.29) is 11.9 Å². The molecule has 0 saturated carbocycles. The highest BCUT2D eigenvalue weighted by atomic mass is 16.2. The molecule has 2 aromatic carbocycles. The van der Waals surface area contributed by atoms with Crippen molar-refractivity contribution in [3.8, 4) is 5.69 Å². The molecule has 5 nitrogen and oxygen atoms in total. The lowest BCUT2D eigenvalue weighted by Gasteiger charge is -2.34. The number of hydrogen-bond donors (Lipinski definition) is 1. The highest BCUT2D eigenvalue weighted by molar-refractivity contribution is 5.94. The van der Waals surface area contributed by atoms with E-state index in [9.17, 15) is 4.79 Å². The van der Waals surface area contributed by atoms with Gasteiger partial charge in [-0.2, -0.15) is 0 Å². The van der Waals surface area contributed by atoms with Gasteiger partial charge in [-0.05, 0) is 62.1 Å². The van der Waals surface area contributed by atoms with Gasteiger partial charge in [0.2, 0.25) is 0 Å². The number of piperidine rings is 1. The maximum Gasteiger partial charge on any atom is 0.253 e. The Hall–Kier alpha value is -2.66. The van der Waals surface area contributed by atoms with Crippen LogP contribution in [0.5, 0.6) is 0 Å². The van der Waals surface area contributed by atoms with Gasteiger partial charge >= 0.3 is 0 Å². The molecule has 4 rings (SSSR count). The van der Waals surface area contributed by atoms with Gasteiger partial charge in [0.25, 0.3) is 5.91 Å². The summed E-state index contributed by atoms with van der Waals surface area (Å²) in [7, 11) is 0. The molecule has 0 aliphatic carbocycles. The maximum absolute atomic E-state index is 12.8. The van der Waals surface area contributed by atoms with E-state index in [0.29, 0.717) is 5.92 Å². The van der Waals surface area contributed by atoms with Crippen LogP contribution in [0.3, 0.4) is 0 Å². The molecular weight excluding hydrogens is 324 g/mol. The molecule has 134 valence electrons. The Kier molecular flexibility index (Phi) is 4.47. The summed E-state index contributed by atoms with van der Waals surface area (Å²) >= 11 is 0. The van der Waals surface area contributed by atoms with E-state index in [1.807, 2.05) is 71.2 Å². The quantitative estimate of drug-likeness (QED) is 0.790. The predicted molar refractivity (Wildman–Crippen MR) is 103 cm³/mol. The first-order valence-corrected chi connectivity index (χ1v) is 9.21. The molecule has 5 heteroatoms. The Balaban J connectivity index is 1.55. The number of benzene rings is 2. The van der Waals surface area contributed by atoms with E-state index < -0.39 is 0 Å². The van der Waals surface area contributed by atoms with E-state index >= 15 is 0 Å². The SMILES string of the molecule is CC(N)C1CCCN(C(=O)c2ccc(-n3cnc4ccccc43)cc2)C1. The van der Waals surface area contributed by atoms with Crippen LogP contribution in [0.4, 0.5) is 0 Å². The molecule has 1 amide bonds. The lowest BCUT2D eigenvalue weighted by atomic mass is 9.92. The van der Waals surface area contributed by atoms with Crippen LogP contribution in [0.15, 0.2) is 54.9 Å². The summed E-state index contributed by atoms with van der Waals surface area (Å²) in [5.74, 6) is 0.488. The molecule has 2 N–H and O–H groups in total. The van der Waals surface area contributed by atoms with Crippen molar-refractivity contribution < 1.29 is 4.79 Å². The second-order valence-corrected chi connectivity index (χ2v) is 7.16. The van der Waals surface area contributed by atoms with Crippen LogP contribution in [0.25, 0.3) is 16.7 Å². The normalized spacial score (nSPS) is 18.8. The minimum atomic E-state index is 0.0948. The van der Waals surface area contributed by atoms with Crippen LogP contribution in [0.2, 0.25) is 0 Å². The van der Waals surface area contributed by atoms with E-state index in [0.717, 1.165) is 48.2 Å². The van der Waals surface area contributed by atoms with Crippen molar-refractivity contribution in [1.29, 1.82) is 0 Å². The van der Waals surface area contributed by atoms with Crippen molar-refractivity contribution >= 4 is 16.9 Å². The Morgan fingerprint density at radius 2 is 1.96 bits per heavy atom. The molecule has 1 saturated heterocycles. The van der Waals surface area contributed by atoms with Gasteiger partial charge in [0.05, 0.1) is 11.0 Å². The van der Waals surface area contributed by atoms with Gasteiger partial charge < -0.3 is 10.6 Å². The number of rotatable bonds is 3. The van der Waals surface area contributed by atoms with Gasteiger partial charge in [0.15, 0.2) is 0 Å². The van der Waals surface area contributed by atoms with Crippen molar-refractivity contribution in [2.24, 2.45) is 11.7 Å². The van der Waals surface area contributed by atoms with Crippen molar-refractivity contribution in [3.63, 3.8) is 0 Å². The summed E-state index contributed by atoms with van der Waals surface area (Å²) in [5, 5.41) is 0. The Labute approximate surface area is 153 Å². The summed E-state index contributed by atoms with van der Waals surface area (Å²) in [6, 6.07) is 15.9. The van der Waals surface area contributed by atoms with Crippen molar-refractivity contribution in [1.82, 2.24) is 14.5 Å². The van der Waals surface area contributed by atoms with E-state index in [2.05, 4.69) is 4.98 Å². The highest BCUT2D eigenvalue weighted by Gasteiger charge is 2.26. The highest BCUT2D eigenvalue weighted by Crippen LogP contribution is 2.22. The summed E-state index contributed by atoms with van der Waals surface area (Å²) in [4.78, 5) is 19.2. The molecule has 1 fully saturated rings. The van der Waals surface area contributed by atoms with Crippen LogP contribution < -0.4 is 5.73 Å². The zero-order chi connectivity index (χ0) is 18.1. The molecule has 1 aliphatic heterocycles. The average Bonchev–Trinajstić information content (AvgIpc) is 3.12. The van der Waals surface area contributed by atoms with Crippen LogP contribution >= 0.6 is 0 Å². The fourth-order valence-electron chi connectivity index (χ4n) is 3.74. The zero-order valence-corrected chi connectivity index (χ0v) is 15.0. The summed E-state index contributed by atoms with van der Waals surface area (Å²) in [5.41, 5.74) is 9.79. The number of amides is 1. The Morgan fingerprint density at radius 1 is 1.19 bits per heavy atom. The average molecular weight is 348 g/mol. The topological polar surface area (TPSA) is 64.2 Å². The molecule has 1 aliphatic rings. The number of nitrogens with two attached hydrogens (primary N) is 1. The number of carbonyl (C=O) groups excluding carboxylic acids is 1. The lowest BCUT2D eigenvalue weighted by molar-refractivity contribution is 0.0661. The lowest BCUT2D eigenvalue weighted by Crippen LogP contribution is -2.45. The Bertz CT molecular complexity index is 913. The van der Waals surface area contributed by atoms with Crippen LogP contribution in [-0.4, -0.2) is 39.5 Å². The number of imidazole rings is 1. The molecule has 0 radical (unpaired) electrons. The summed E-state index contributed by atoms with van der Waals surface area (Å²) in [6.45, 7) is 3.60. The van der Waals surface area contributed by atoms with Crippen LogP contribution in [0, 0.1) is 5.92 Å². The first kappa shape index (κ1) is 16.8. The fraction of sp³-hybridized carbons (Fsp3) is 0.333. The number of nitrogens with zero attached hydrogens (tertiary/aromatic N) is 3. The van der Waals surface area contributed by atoms with E-state index in [1.54, 1.807) is 0 Å². The third-order valence-electron chi connectivity index (χ3n) is 5.33.